The molecule has 1 aromatic carbocycles. The monoisotopic (exact) mass is 269 g/mol. The minimum Gasteiger partial charge on any atom is -0.477 e. The van der Waals surface area contributed by atoms with Gasteiger partial charge in [-0.05, 0) is 25.3 Å². The first-order valence-electron chi connectivity index (χ1n) is 6.65. The summed E-state index contributed by atoms with van der Waals surface area (Å²) < 4.78 is 1.91. The number of carboxylic acids is 1. The molecule has 20 heavy (non-hydrogen) atoms. The quantitative estimate of drug-likeness (QED) is 0.866. The van der Waals surface area contributed by atoms with Gasteiger partial charge < -0.3 is 9.67 Å². The second-order valence-electron chi connectivity index (χ2n) is 5.19. The van der Waals surface area contributed by atoms with E-state index in [4.69, 9.17) is 5.11 Å². The highest BCUT2D eigenvalue weighted by Crippen LogP contribution is 2.32. The van der Waals surface area contributed by atoms with Crippen LogP contribution in [-0.2, 0) is 6.42 Å². The van der Waals surface area contributed by atoms with E-state index in [-0.39, 0.29) is 11.6 Å². The third-order valence-electron chi connectivity index (χ3n) is 3.91. The molecule has 1 aromatic heterocycles. The second kappa shape index (κ2) is 4.63. The molecule has 0 amide bonds. The molecule has 0 saturated carbocycles. The molecule has 0 radical (unpaired) electrons. The van der Waals surface area contributed by atoms with Crippen LogP contribution in [-0.4, -0.2) is 15.6 Å². The second-order valence-corrected chi connectivity index (χ2v) is 5.19. The van der Waals surface area contributed by atoms with Gasteiger partial charge in [0.25, 0.3) is 0 Å². The Bertz CT molecular complexity index is 746. The summed E-state index contributed by atoms with van der Waals surface area (Å²) in [6.45, 7) is 2.05. The maximum atomic E-state index is 12.0. The number of nitrogens with zero attached hydrogens (tertiary/aromatic N) is 1. The number of rotatable bonds is 1. The van der Waals surface area contributed by atoms with Crippen molar-refractivity contribution in [3.05, 3.63) is 57.9 Å². The third kappa shape index (κ3) is 1.93. The number of hydrogen-bond acceptors (Lipinski definition) is 2. The number of hydrogen-bond donors (Lipinski definition) is 1. The van der Waals surface area contributed by atoms with Crippen molar-refractivity contribution in [3.63, 3.8) is 0 Å². The Labute approximate surface area is 116 Å². The summed E-state index contributed by atoms with van der Waals surface area (Å²) >= 11 is 0. The Balaban J connectivity index is 2.32. The standard InChI is InChI=1S/C16H15NO3/c1-10-6-7-11-4-2-3-5-12(11)14-8-15(18)13(16(19)20)9-17(10)14/h2-5,8-10H,6-7H2,1H3,(H,19,20)/t10-/m0/s1. The largest absolute Gasteiger partial charge is 0.477 e. The molecule has 4 nitrogen and oxygen atoms in total. The molecule has 4 heteroatoms. The number of carbonyl (C=O) groups is 1. The van der Waals surface area contributed by atoms with Crippen molar-refractivity contribution < 1.29 is 9.90 Å². The Kier molecular flexibility index (Phi) is 2.93. The van der Waals surface area contributed by atoms with E-state index in [1.54, 1.807) is 0 Å². The van der Waals surface area contributed by atoms with Gasteiger partial charge in [-0.1, -0.05) is 24.3 Å². The van der Waals surface area contributed by atoms with Crippen LogP contribution in [0.25, 0.3) is 11.3 Å². The zero-order valence-corrected chi connectivity index (χ0v) is 11.2. The van der Waals surface area contributed by atoms with Crippen LogP contribution in [0.5, 0.6) is 0 Å². The van der Waals surface area contributed by atoms with Gasteiger partial charge in [0.15, 0.2) is 5.43 Å². The minimum atomic E-state index is -1.17. The highest BCUT2D eigenvalue weighted by molar-refractivity contribution is 5.87. The lowest BCUT2D eigenvalue weighted by Gasteiger charge is -2.18. The van der Waals surface area contributed by atoms with Crippen LogP contribution in [0.2, 0.25) is 0 Å². The zero-order valence-electron chi connectivity index (χ0n) is 11.2. The predicted molar refractivity (Wildman–Crippen MR) is 76.1 cm³/mol. The van der Waals surface area contributed by atoms with Gasteiger partial charge in [0.2, 0.25) is 0 Å². The van der Waals surface area contributed by atoms with Gasteiger partial charge in [0, 0.05) is 23.9 Å². The maximum absolute atomic E-state index is 12.0. The fourth-order valence-corrected chi connectivity index (χ4v) is 2.78. The fourth-order valence-electron chi connectivity index (χ4n) is 2.78. The third-order valence-corrected chi connectivity index (χ3v) is 3.91. The molecule has 1 atom stereocenters. The highest BCUT2D eigenvalue weighted by atomic mass is 16.4. The Morgan fingerprint density at radius 3 is 2.85 bits per heavy atom. The lowest BCUT2D eigenvalue weighted by atomic mass is 10.0. The van der Waals surface area contributed by atoms with Crippen LogP contribution in [0.3, 0.4) is 0 Å². The molecule has 0 bridgehead atoms. The zero-order chi connectivity index (χ0) is 14.3. The van der Waals surface area contributed by atoms with Crippen LogP contribution in [0.15, 0.2) is 41.3 Å². The molecule has 1 aliphatic heterocycles. The number of benzene rings is 1. The SMILES string of the molecule is C[C@H]1CCc2ccccc2-c2cc(=O)c(C(=O)O)cn21. The lowest BCUT2D eigenvalue weighted by Crippen LogP contribution is -2.19. The van der Waals surface area contributed by atoms with E-state index >= 15 is 0 Å². The van der Waals surface area contributed by atoms with Crippen molar-refractivity contribution in [1.82, 2.24) is 4.57 Å². The number of aryl methyl sites for hydroxylation is 1. The molecule has 3 rings (SSSR count). The average Bonchev–Trinajstić information content (AvgIpc) is 2.56. The van der Waals surface area contributed by atoms with E-state index < -0.39 is 11.4 Å². The first kappa shape index (κ1) is 12.7. The molecule has 0 saturated heterocycles. The Morgan fingerprint density at radius 1 is 1.35 bits per heavy atom. The minimum absolute atomic E-state index is 0.163. The Morgan fingerprint density at radius 2 is 2.10 bits per heavy atom. The van der Waals surface area contributed by atoms with Gasteiger partial charge in [0.1, 0.15) is 5.56 Å². The summed E-state index contributed by atoms with van der Waals surface area (Å²) in [5, 5.41) is 9.11. The number of carboxylic acid groups (broad SMARTS) is 1. The molecule has 0 spiro atoms. The molecule has 0 fully saturated rings. The first-order valence-corrected chi connectivity index (χ1v) is 6.65. The van der Waals surface area contributed by atoms with Crippen LogP contribution in [0.1, 0.15) is 35.3 Å². The van der Waals surface area contributed by atoms with Crippen molar-refractivity contribution in [2.75, 3.05) is 0 Å². The smallest absolute Gasteiger partial charge is 0.341 e. The number of pyridine rings is 1. The molecule has 2 heterocycles. The van der Waals surface area contributed by atoms with Crippen LogP contribution in [0, 0.1) is 0 Å². The fraction of sp³-hybridized carbons (Fsp3) is 0.250. The van der Waals surface area contributed by atoms with Gasteiger partial charge in [-0.2, -0.15) is 0 Å². The summed E-state index contributed by atoms with van der Waals surface area (Å²) in [5.74, 6) is -1.17. The molecule has 0 unspecified atom stereocenters. The predicted octanol–water partition coefficient (Wildman–Crippen LogP) is 2.72. The van der Waals surface area contributed by atoms with Crippen molar-refractivity contribution in [2.24, 2.45) is 0 Å². The van der Waals surface area contributed by atoms with Gasteiger partial charge in [0.05, 0.1) is 5.69 Å². The maximum Gasteiger partial charge on any atom is 0.341 e. The van der Waals surface area contributed by atoms with E-state index in [9.17, 15) is 9.59 Å². The van der Waals surface area contributed by atoms with Crippen molar-refractivity contribution in [1.29, 1.82) is 0 Å². The summed E-state index contributed by atoms with van der Waals surface area (Å²) in [4.78, 5) is 23.1. The molecule has 1 aliphatic rings. The van der Waals surface area contributed by atoms with E-state index in [0.717, 1.165) is 24.1 Å². The molecule has 0 aliphatic carbocycles. The average molecular weight is 269 g/mol. The van der Waals surface area contributed by atoms with Crippen LogP contribution >= 0.6 is 0 Å². The molecular weight excluding hydrogens is 254 g/mol. The van der Waals surface area contributed by atoms with Gasteiger partial charge in [-0.25, -0.2) is 4.79 Å². The molecule has 1 N–H and O–H groups in total. The number of aromatic nitrogens is 1. The molecule has 102 valence electrons. The van der Waals surface area contributed by atoms with E-state index in [1.165, 1.54) is 17.8 Å². The Hall–Kier alpha value is -2.36. The normalized spacial score (nSPS) is 16.9. The summed E-state index contributed by atoms with van der Waals surface area (Å²) in [7, 11) is 0. The van der Waals surface area contributed by atoms with Gasteiger partial charge >= 0.3 is 5.97 Å². The van der Waals surface area contributed by atoms with E-state index in [0.29, 0.717) is 0 Å². The molecule has 2 aromatic rings. The van der Waals surface area contributed by atoms with E-state index in [2.05, 4.69) is 6.07 Å². The lowest BCUT2D eigenvalue weighted by molar-refractivity contribution is 0.0694. The number of aromatic carboxylic acids is 1. The van der Waals surface area contributed by atoms with Crippen molar-refractivity contribution in [2.45, 2.75) is 25.8 Å². The first-order chi connectivity index (χ1) is 9.58. The van der Waals surface area contributed by atoms with Crippen molar-refractivity contribution >= 4 is 5.97 Å². The van der Waals surface area contributed by atoms with Gasteiger partial charge in [-0.3, -0.25) is 4.79 Å². The highest BCUT2D eigenvalue weighted by Gasteiger charge is 2.21. The molecular formula is C16H15NO3. The summed E-state index contributed by atoms with van der Waals surface area (Å²) in [6, 6.07) is 9.59. The van der Waals surface area contributed by atoms with Crippen LogP contribution in [0.4, 0.5) is 0 Å². The van der Waals surface area contributed by atoms with E-state index in [1.807, 2.05) is 29.7 Å². The summed E-state index contributed by atoms with van der Waals surface area (Å²) in [6.07, 6.45) is 3.33. The van der Waals surface area contributed by atoms with Gasteiger partial charge in [-0.15, -0.1) is 0 Å². The van der Waals surface area contributed by atoms with Crippen molar-refractivity contribution in [3.8, 4) is 11.3 Å². The summed E-state index contributed by atoms with van der Waals surface area (Å²) in [5.41, 5.74) is 2.42. The number of fused-ring (bicyclic) bond motifs is 3. The topological polar surface area (TPSA) is 59.3 Å². The van der Waals surface area contributed by atoms with Crippen LogP contribution < -0.4 is 5.43 Å².